The van der Waals surface area contributed by atoms with Crippen molar-refractivity contribution in [1.82, 2.24) is 0 Å². The summed E-state index contributed by atoms with van der Waals surface area (Å²) in [6.45, 7) is 0. The third-order valence-electron chi connectivity index (χ3n) is 4.18. The van der Waals surface area contributed by atoms with Crippen LogP contribution in [0.15, 0.2) is 54.1 Å². The predicted molar refractivity (Wildman–Crippen MR) is 83.4 cm³/mol. The lowest BCUT2D eigenvalue weighted by Gasteiger charge is -2.23. The molecule has 0 saturated carbocycles. The Kier molecular flexibility index (Phi) is 3.45. The fraction of sp³-hybridized carbons (Fsp3) is 0.0588. The average molecular weight is 368 g/mol. The first kappa shape index (κ1) is 16.4. The van der Waals surface area contributed by atoms with Crippen molar-refractivity contribution in [2.45, 2.75) is 6.18 Å². The zero-order valence-corrected chi connectivity index (χ0v) is 12.9. The van der Waals surface area contributed by atoms with Crippen LogP contribution in [0.3, 0.4) is 0 Å². The number of hydrogen-bond donors (Lipinski definition) is 2. The lowest BCUT2D eigenvalue weighted by Crippen LogP contribution is -2.99. The van der Waals surface area contributed by atoms with Gasteiger partial charge in [0.2, 0.25) is 0 Å². The summed E-state index contributed by atoms with van der Waals surface area (Å²) in [6, 6.07) is 6.08. The summed E-state index contributed by atoms with van der Waals surface area (Å²) < 4.78 is 66.2. The Morgan fingerprint density at radius 2 is 1.50 bits per heavy atom. The maximum atomic E-state index is 14.2. The van der Waals surface area contributed by atoms with Gasteiger partial charge in [0.25, 0.3) is 5.88 Å². The molecule has 0 fully saturated rings. The third-order valence-corrected chi connectivity index (χ3v) is 4.18. The van der Waals surface area contributed by atoms with Crippen molar-refractivity contribution in [3.8, 4) is 0 Å². The Morgan fingerprint density at radius 3 is 2.15 bits per heavy atom. The second-order valence-electron chi connectivity index (χ2n) is 5.73. The van der Waals surface area contributed by atoms with Crippen LogP contribution in [0.1, 0.15) is 11.1 Å². The number of nitrogens with zero attached hydrogens (tertiary/aromatic N) is 2. The number of quaternary nitrogens is 1. The Labute approximate surface area is 144 Å². The number of aliphatic hydroxyl groups is 1. The molecule has 2 aliphatic heterocycles. The Balaban J connectivity index is 1.73. The predicted octanol–water partition coefficient (Wildman–Crippen LogP) is 3.46. The van der Waals surface area contributed by atoms with E-state index < -0.39 is 23.4 Å². The number of allylic oxidation sites excluding steroid dienone is 1. The van der Waals surface area contributed by atoms with Gasteiger partial charge in [-0.1, -0.05) is 0 Å². The number of hydrogen-bond acceptors (Lipinski definition) is 3. The summed E-state index contributed by atoms with van der Waals surface area (Å²) in [5, 5.41) is 12.8. The van der Waals surface area contributed by atoms with Gasteiger partial charge < -0.3 is 5.11 Å². The summed E-state index contributed by atoms with van der Waals surface area (Å²) in [7, 11) is 0. The van der Waals surface area contributed by atoms with Crippen molar-refractivity contribution in [3.63, 3.8) is 0 Å². The van der Waals surface area contributed by atoms with Crippen molar-refractivity contribution in [1.29, 1.82) is 0 Å². The van der Waals surface area contributed by atoms with Crippen molar-refractivity contribution in [3.05, 3.63) is 76.8 Å². The number of anilines is 2. The molecule has 4 nitrogen and oxygen atoms in total. The summed E-state index contributed by atoms with van der Waals surface area (Å²) >= 11 is 0. The minimum absolute atomic E-state index is 0.0204. The SMILES string of the molecule is OC1=C2C=Cc3c(F)ccc(F)c3N2[NH2+]N1c1ccc(C(F)(F)F)cc1. The molecule has 2 aromatic rings. The topological polar surface area (TPSA) is 43.3 Å². The highest BCUT2D eigenvalue weighted by atomic mass is 19.4. The van der Waals surface area contributed by atoms with Gasteiger partial charge in [-0.15, -0.1) is 10.5 Å². The molecule has 0 amide bonds. The molecule has 4 rings (SSSR count). The van der Waals surface area contributed by atoms with Crippen molar-refractivity contribution >= 4 is 17.5 Å². The molecule has 9 heteroatoms. The van der Waals surface area contributed by atoms with Gasteiger partial charge in [-0.05, 0) is 48.6 Å². The van der Waals surface area contributed by atoms with Crippen molar-refractivity contribution < 1.29 is 32.6 Å². The monoisotopic (exact) mass is 368 g/mol. The van der Waals surface area contributed by atoms with Crippen molar-refractivity contribution in [2.75, 3.05) is 10.0 Å². The second kappa shape index (κ2) is 5.46. The molecule has 2 aromatic carbocycles. The molecule has 26 heavy (non-hydrogen) atoms. The van der Waals surface area contributed by atoms with E-state index in [1.54, 1.807) is 0 Å². The van der Waals surface area contributed by atoms with E-state index in [-0.39, 0.29) is 28.5 Å². The lowest BCUT2D eigenvalue weighted by atomic mass is 10.1. The Hall–Kier alpha value is -3.07. The average Bonchev–Trinajstić information content (AvgIpc) is 2.94. The molecule has 134 valence electrons. The van der Waals surface area contributed by atoms with Crippen LogP contribution in [0.5, 0.6) is 0 Å². The fourth-order valence-electron chi connectivity index (χ4n) is 2.92. The van der Waals surface area contributed by atoms with Crippen LogP contribution in [0.25, 0.3) is 6.08 Å². The molecule has 3 N–H and O–H groups in total. The standard InChI is InChI=1S/C17H10F5N3O/c18-12-6-7-13(19)15-11(12)5-8-14-16(26)24(23-25(14)15)10-3-1-9(2-4-10)17(20,21)22/h1-8,23,26H/p+1. The van der Waals surface area contributed by atoms with E-state index in [0.717, 1.165) is 24.3 Å². The normalized spacial score (nSPS) is 16.2. The first-order valence-electron chi connectivity index (χ1n) is 7.47. The summed E-state index contributed by atoms with van der Waals surface area (Å²) in [4.78, 5) is 0. The van der Waals surface area contributed by atoms with Gasteiger partial charge >= 0.3 is 6.18 Å². The Morgan fingerprint density at radius 1 is 0.846 bits per heavy atom. The molecule has 0 spiro atoms. The van der Waals surface area contributed by atoms with Gasteiger partial charge in [-0.2, -0.15) is 18.2 Å². The first-order valence-corrected chi connectivity index (χ1v) is 7.47. The molecule has 0 unspecified atom stereocenters. The van der Waals surface area contributed by atoms with Crippen LogP contribution in [0.2, 0.25) is 0 Å². The maximum Gasteiger partial charge on any atom is 0.416 e. The molecule has 2 heterocycles. The van der Waals surface area contributed by atoms with Gasteiger partial charge in [-0.25, -0.2) is 8.78 Å². The zero-order chi connectivity index (χ0) is 18.6. The van der Waals surface area contributed by atoms with Gasteiger partial charge in [0.1, 0.15) is 17.2 Å². The third kappa shape index (κ3) is 2.39. The highest BCUT2D eigenvalue weighted by Crippen LogP contribution is 2.36. The molecule has 0 bridgehead atoms. The quantitative estimate of drug-likeness (QED) is 0.599. The minimum atomic E-state index is -4.48. The van der Waals surface area contributed by atoms with Gasteiger partial charge in [0.05, 0.1) is 5.56 Å². The van der Waals surface area contributed by atoms with Crippen LogP contribution in [-0.2, 0) is 6.18 Å². The van der Waals surface area contributed by atoms with E-state index in [1.165, 1.54) is 39.8 Å². The molecule has 0 aliphatic carbocycles. The second-order valence-corrected chi connectivity index (χ2v) is 5.73. The lowest BCUT2D eigenvalue weighted by molar-refractivity contribution is -0.661. The number of benzene rings is 2. The van der Waals surface area contributed by atoms with E-state index in [1.807, 2.05) is 0 Å². The maximum absolute atomic E-state index is 14.2. The van der Waals surface area contributed by atoms with Crippen molar-refractivity contribution in [2.24, 2.45) is 0 Å². The van der Waals surface area contributed by atoms with Crippen LogP contribution in [-0.4, -0.2) is 5.11 Å². The summed E-state index contributed by atoms with van der Waals surface area (Å²) in [5.41, 5.74) is 0.822. The van der Waals surface area contributed by atoms with Gasteiger partial charge in [0.15, 0.2) is 11.5 Å². The van der Waals surface area contributed by atoms with E-state index in [4.69, 9.17) is 0 Å². The van der Waals surface area contributed by atoms with Gasteiger partial charge in [-0.3, -0.25) is 0 Å². The smallest absolute Gasteiger partial charge is 0.416 e. The van der Waals surface area contributed by atoms with E-state index >= 15 is 0 Å². The number of nitrogens with two attached hydrogens (primary N) is 1. The van der Waals surface area contributed by atoms with E-state index in [2.05, 4.69) is 0 Å². The van der Waals surface area contributed by atoms with Gasteiger partial charge in [0, 0.05) is 5.56 Å². The van der Waals surface area contributed by atoms with Crippen LogP contribution in [0, 0.1) is 11.6 Å². The minimum Gasteiger partial charge on any atom is -0.490 e. The molecule has 2 aliphatic rings. The largest absolute Gasteiger partial charge is 0.490 e. The molecular formula is C17H11F5N3O+. The number of halogens is 5. The number of alkyl halides is 3. The van der Waals surface area contributed by atoms with Crippen LogP contribution < -0.4 is 15.6 Å². The van der Waals surface area contributed by atoms with E-state index in [9.17, 15) is 27.1 Å². The highest BCUT2D eigenvalue weighted by molar-refractivity contribution is 5.77. The molecular weight excluding hydrogens is 357 g/mol. The number of rotatable bonds is 1. The van der Waals surface area contributed by atoms with Crippen LogP contribution in [0.4, 0.5) is 33.3 Å². The molecule has 0 radical (unpaired) electrons. The van der Waals surface area contributed by atoms with E-state index in [0.29, 0.717) is 0 Å². The molecule has 0 atom stereocenters. The number of aliphatic hydroxyl groups excluding tert-OH is 1. The summed E-state index contributed by atoms with van der Waals surface area (Å²) in [6.07, 6.45) is -1.74. The fourth-order valence-corrected chi connectivity index (χ4v) is 2.92. The highest BCUT2D eigenvalue weighted by Gasteiger charge is 2.39. The van der Waals surface area contributed by atoms with Crippen LogP contribution >= 0.6 is 0 Å². The summed E-state index contributed by atoms with van der Waals surface area (Å²) in [5.74, 6) is -1.63. The number of fused-ring (bicyclic) bond motifs is 3. The molecule has 0 aromatic heterocycles. The molecule has 0 saturated heterocycles. The first-order chi connectivity index (χ1) is 12.3. The zero-order valence-electron chi connectivity index (χ0n) is 12.9. The Bertz CT molecular complexity index is 950.